The van der Waals surface area contributed by atoms with Gasteiger partial charge in [-0.2, -0.15) is 13.2 Å². The van der Waals surface area contributed by atoms with Crippen molar-refractivity contribution >= 4 is 11.7 Å². The molecule has 17 heavy (non-hydrogen) atoms. The monoisotopic (exact) mass is 249 g/mol. The second kappa shape index (κ2) is 4.40. The first-order valence-corrected chi connectivity index (χ1v) is 4.22. The molecular weight excluding hydrogens is 243 g/mol. The zero-order chi connectivity index (χ0) is 13.2. The molecule has 1 aromatic carbocycles. The molecule has 5 nitrogen and oxygen atoms in total. The van der Waals surface area contributed by atoms with Crippen LogP contribution < -0.4 is 0 Å². The summed E-state index contributed by atoms with van der Waals surface area (Å²) in [6.07, 6.45) is -4.87. The third-order valence-electron chi connectivity index (χ3n) is 1.93. The van der Waals surface area contributed by atoms with E-state index in [-0.39, 0.29) is 0 Å². The van der Waals surface area contributed by atoms with Crippen molar-refractivity contribution in [2.45, 2.75) is 6.18 Å². The van der Waals surface area contributed by atoms with Crippen LogP contribution >= 0.6 is 0 Å². The molecule has 0 saturated carbocycles. The first kappa shape index (κ1) is 12.9. The number of esters is 1. The Labute approximate surface area is 93.0 Å². The van der Waals surface area contributed by atoms with E-state index in [0.717, 1.165) is 19.2 Å². The van der Waals surface area contributed by atoms with Gasteiger partial charge in [-0.3, -0.25) is 10.1 Å². The largest absolute Gasteiger partial charge is 0.465 e. The van der Waals surface area contributed by atoms with Crippen LogP contribution in [0, 0.1) is 10.1 Å². The van der Waals surface area contributed by atoms with Crippen molar-refractivity contribution < 1.29 is 27.6 Å². The molecule has 0 N–H and O–H groups in total. The SMILES string of the molecule is COC(=O)c1c([N+](=O)[O-])cccc1C(F)(F)F. The van der Waals surface area contributed by atoms with Crippen LogP contribution in [0.5, 0.6) is 0 Å². The highest BCUT2D eigenvalue weighted by Crippen LogP contribution is 2.36. The Bertz CT molecular complexity index is 470. The number of nitro groups is 1. The summed E-state index contributed by atoms with van der Waals surface area (Å²) in [4.78, 5) is 20.7. The zero-order valence-electron chi connectivity index (χ0n) is 8.45. The molecule has 0 atom stereocenters. The van der Waals surface area contributed by atoms with Crippen molar-refractivity contribution in [2.24, 2.45) is 0 Å². The summed E-state index contributed by atoms with van der Waals surface area (Å²) in [5.41, 5.74) is -3.42. The fourth-order valence-corrected chi connectivity index (χ4v) is 1.25. The lowest BCUT2D eigenvalue weighted by Gasteiger charge is -2.10. The van der Waals surface area contributed by atoms with Gasteiger partial charge in [0.2, 0.25) is 0 Å². The normalized spacial score (nSPS) is 11.1. The van der Waals surface area contributed by atoms with Crippen LogP contribution in [-0.4, -0.2) is 18.0 Å². The van der Waals surface area contributed by atoms with Crippen molar-refractivity contribution in [3.8, 4) is 0 Å². The Hall–Kier alpha value is -2.12. The number of ether oxygens (including phenoxy) is 1. The first-order valence-electron chi connectivity index (χ1n) is 4.22. The molecule has 0 fully saturated rings. The van der Waals surface area contributed by atoms with E-state index in [1.807, 2.05) is 0 Å². The fraction of sp³-hybridized carbons (Fsp3) is 0.222. The van der Waals surface area contributed by atoms with E-state index in [1.165, 1.54) is 0 Å². The average Bonchev–Trinajstić information content (AvgIpc) is 2.25. The van der Waals surface area contributed by atoms with Gasteiger partial charge in [0.25, 0.3) is 5.69 Å². The second-order valence-electron chi connectivity index (χ2n) is 2.95. The molecule has 0 unspecified atom stereocenters. The van der Waals surface area contributed by atoms with Gasteiger partial charge in [-0.1, -0.05) is 6.07 Å². The molecule has 0 aliphatic rings. The molecule has 0 spiro atoms. The topological polar surface area (TPSA) is 69.4 Å². The highest BCUT2D eigenvalue weighted by Gasteiger charge is 2.39. The summed E-state index contributed by atoms with van der Waals surface area (Å²) in [6.45, 7) is 0. The Balaban J connectivity index is 3.57. The molecule has 1 rings (SSSR count). The molecule has 1 aromatic rings. The molecule has 0 aliphatic carbocycles. The molecule has 0 radical (unpaired) electrons. The molecule has 0 amide bonds. The van der Waals surface area contributed by atoms with Crippen LogP contribution in [0.4, 0.5) is 18.9 Å². The van der Waals surface area contributed by atoms with Gasteiger partial charge < -0.3 is 4.74 Å². The van der Waals surface area contributed by atoms with Crippen LogP contribution in [0.1, 0.15) is 15.9 Å². The minimum Gasteiger partial charge on any atom is -0.465 e. The number of hydrogen-bond acceptors (Lipinski definition) is 4. The number of benzene rings is 1. The zero-order valence-corrected chi connectivity index (χ0v) is 8.45. The van der Waals surface area contributed by atoms with Crippen LogP contribution in [0.2, 0.25) is 0 Å². The molecule has 0 heterocycles. The van der Waals surface area contributed by atoms with Crippen molar-refractivity contribution in [1.29, 1.82) is 0 Å². The molecule has 8 heteroatoms. The molecule has 92 valence electrons. The lowest BCUT2D eigenvalue weighted by atomic mass is 10.1. The summed E-state index contributed by atoms with van der Waals surface area (Å²) in [5, 5.41) is 10.6. The molecule has 0 aliphatic heterocycles. The van der Waals surface area contributed by atoms with Gasteiger partial charge in [0.05, 0.1) is 17.6 Å². The molecular formula is C9H6F3NO4. The third-order valence-corrected chi connectivity index (χ3v) is 1.93. The number of nitrogens with zero attached hydrogens (tertiary/aromatic N) is 1. The van der Waals surface area contributed by atoms with Crippen molar-refractivity contribution in [1.82, 2.24) is 0 Å². The number of alkyl halides is 3. The summed E-state index contributed by atoms with van der Waals surface area (Å²) >= 11 is 0. The predicted molar refractivity (Wildman–Crippen MR) is 49.4 cm³/mol. The summed E-state index contributed by atoms with van der Waals surface area (Å²) in [7, 11) is 0.846. The van der Waals surface area contributed by atoms with Crippen LogP contribution in [0.15, 0.2) is 18.2 Å². The van der Waals surface area contributed by atoms with Gasteiger partial charge >= 0.3 is 12.1 Å². The molecule has 0 saturated heterocycles. The van der Waals surface area contributed by atoms with Crippen LogP contribution in [0.25, 0.3) is 0 Å². The fourth-order valence-electron chi connectivity index (χ4n) is 1.25. The summed E-state index contributed by atoms with van der Waals surface area (Å²) < 4.78 is 41.8. The third kappa shape index (κ3) is 2.52. The number of halogens is 3. The maximum atomic E-state index is 12.6. The Morgan fingerprint density at radius 1 is 1.41 bits per heavy atom. The van der Waals surface area contributed by atoms with E-state index >= 15 is 0 Å². The second-order valence-corrected chi connectivity index (χ2v) is 2.95. The van der Waals surface area contributed by atoms with Crippen LogP contribution in [0.3, 0.4) is 0 Å². The number of nitro benzene ring substituents is 1. The Morgan fingerprint density at radius 3 is 2.41 bits per heavy atom. The van der Waals surface area contributed by atoms with Crippen molar-refractivity contribution in [2.75, 3.05) is 7.11 Å². The smallest absolute Gasteiger partial charge is 0.417 e. The minimum atomic E-state index is -4.87. The van der Waals surface area contributed by atoms with Gasteiger partial charge in [0, 0.05) is 6.07 Å². The van der Waals surface area contributed by atoms with Gasteiger partial charge in [-0.05, 0) is 6.07 Å². The number of carbonyl (C=O) groups excluding carboxylic acids is 1. The number of rotatable bonds is 2. The summed E-state index contributed by atoms with van der Waals surface area (Å²) in [5.74, 6) is -1.40. The quantitative estimate of drug-likeness (QED) is 0.458. The van der Waals surface area contributed by atoms with Gasteiger partial charge in [-0.15, -0.1) is 0 Å². The lowest BCUT2D eigenvalue weighted by Crippen LogP contribution is -2.16. The minimum absolute atomic E-state index is 0.583. The number of carbonyl (C=O) groups is 1. The van der Waals surface area contributed by atoms with Crippen LogP contribution in [-0.2, 0) is 10.9 Å². The highest BCUT2D eigenvalue weighted by atomic mass is 19.4. The average molecular weight is 249 g/mol. The van der Waals surface area contributed by atoms with E-state index in [4.69, 9.17) is 0 Å². The van der Waals surface area contributed by atoms with Gasteiger partial charge in [0.1, 0.15) is 5.56 Å². The van der Waals surface area contributed by atoms with Gasteiger partial charge in [0.15, 0.2) is 0 Å². The first-order chi connectivity index (χ1) is 7.79. The van der Waals surface area contributed by atoms with E-state index in [1.54, 1.807) is 0 Å². The van der Waals surface area contributed by atoms with E-state index in [0.29, 0.717) is 6.07 Å². The standard InChI is InChI=1S/C9H6F3NO4/c1-17-8(14)7-5(9(10,11)12)3-2-4-6(7)13(15)16/h2-4H,1H3. The number of methoxy groups -OCH3 is 1. The lowest BCUT2D eigenvalue weighted by molar-refractivity contribution is -0.385. The maximum Gasteiger partial charge on any atom is 0.417 e. The van der Waals surface area contributed by atoms with E-state index in [9.17, 15) is 28.1 Å². The highest BCUT2D eigenvalue weighted by molar-refractivity contribution is 5.95. The van der Waals surface area contributed by atoms with Crippen molar-refractivity contribution in [3.63, 3.8) is 0 Å². The molecule has 0 aromatic heterocycles. The van der Waals surface area contributed by atoms with Gasteiger partial charge in [-0.25, -0.2) is 4.79 Å². The Kier molecular flexibility index (Phi) is 3.35. The Morgan fingerprint density at radius 2 is 2.00 bits per heavy atom. The number of hydrogen-bond donors (Lipinski definition) is 0. The molecule has 0 bridgehead atoms. The summed E-state index contributed by atoms with van der Waals surface area (Å²) in [6, 6.07) is 2.24. The van der Waals surface area contributed by atoms with Crippen molar-refractivity contribution in [3.05, 3.63) is 39.4 Å². The van der Waals surface area contributed by atoms with E-state index < -0.39 is 33.9 Å². The maximum absolute atomic E-state index is 12.6. The predicted octanol–water partition coefficient (Wildman–Crippen LogP) is 2.40. The van der Waals surface area contributed by atoms with E-state index in [2.05, 4.69) is 4.74 Å².